The molecule has 0 atom stereocenters. The van der Waals surface area contributed by atoms with Crippen molar-refractivity contribution < 1.29 is 19.0 Å². The zero-order valence-electron chi connectivity index (χ0n) is 14.9. The van der Waals surface area contributed by atoms with Gasteiger partial charge in [-0.1, -0.05) is 13.8 Å². The van der Waals surface area contributed by atoms with E-state index >= 15 is 0 Å². The van der Waals surface area contributed by atoms with Crippen molar-refractivity contribution in [1.82, 2.24) is 15.6 Å². The van der Waals surface area contributed by atoms with Gasteiger partial charge in [-0.25, -0.2) is 5.43 Å². The fraction of sp³-hybridized carbons (Fsp3) is 0.353. The molecule has 2 rings (SSSR count). The molecule has 0 aliphatic rings. The van der Waals surface area contributed by atoms with E-state index in [1.54, 1.807) is 25.3 Å². The standard InChI is InChI=1S/C17H22N4O4/c1-10(2)12-7-13(20-19-12)17(22)21-18-9-11-6-15(24-4)16(25-5)8-14(11)23-3/h6-10H,1-5H3,(H,19,20)(H,21,22)/b18-9-. The normalized spacial score (nSPS) is 11.0. The predicted octanol–water partition coefficient (Wildman–Crippen LogP) is 2.32. The van der Waals surface area contributed by atoms with Crippen LogP contribution < -0.4 is 19.6 Å². The summed E-state index contributed by atoms with van der Waals surface area (Å²) in [5.74, 6) is 1.47. The first-order chi connectivity index (χ1) is 12.0. The van der Waals surface area contributed by atoms with Gasteiger partial charge in [0.25, 0.3) is 5.91 Å². The van der Waals surface area contributed by atoms with Gasteiger partial charge in [0.05, 0.1) is 27.5 Å². The predicted molar refractivity (Wildman–Crippen MR) is 93.8 cm³/mol. The molecule has 134 valence electrons. The van der Waals surface area contributed by atoms with Gasteiger partial charge in [0, 0.05) is 17.3 Å². The van der Waals surface area contributed by atoms with Gasteiger partial charge in [-0.2, -0.15) is 10.2 Å². The van der Waals surface area contributed by atoms with Gasteiger partial charge in [0.2, 0.25) is 0 Å². The molecule has 0 saturated carbocycles. The summed E-state index contributed by atoms with van der Waals surface area (Å²) in [6, 6.07) is 5.09. The second-order valence-electron chi connectivity index (χ2n) is 5.51. The Morgan fingerprint density at radius 1 is 1.12 bits per heavy atom. The minimum atomic E-state index is -0.404. The lowest BCUT2D eigenvalue weighted by molar-refractivity contribution is 0.0950. The molecule has 0 radical (unpaired) electrons. The van der Waals surface area contributed by atoms with Crippen molar-refractivity contribution in [2.24, 2.45) is 5.10 Å². The van der Waals surface area contributed by atoms with Crippen LogP contribution in [0.1, 0.15) is 41.5 Å². The van der Waals surface area contributed by atoms with Crippen molar-refractivity contribution in [1.29, 1.82) is 0 Å². The number of hydrogen-bond donors (Lipinski definition) is 2. The van der Waals surface area contributed by atoms with Gasteiger partial charge in [-0.05, 0) is 18.1 Å². The Morgan fingerprint density at radius 2 is 1.76 bits per heavy atom. The number of carbonyl (C=O) groups is 1. The maximum atomic E-state index is 12.1. The number of H-pyrrole nitrogens is 1. The third-order valence-corrected chi connectivity index (χ3v) is 3.56. The summed E-state index contributed by atoms with van der Waals surface area (Å²) < 4.78 is 15.8. The average Bonchev–Trinajstić information content (AvgIpc) is 3.11. The van der Waals surface area contributed by atoms with E-state index in [1.807, 2.05) is 13.8 Å². The van der Waals surface area contributed by atoms with E-state index in [0.29, 0.717) is 22.8 Å². The maximum absolute atomic E-state index is 12.1. The molecule has 1 aromatic carbocycles. The number of rotatable bonds is 7. The zero-order valence-corrected chi connectivity index (χ0v) is 14.9. The second-order valence-corrected chi connectivity index (χ2v) is 5.51. The Morgan fingerprint density at radius 3 is 2.32 bits per heavy atom. The number of hydrazone groups is 1. The van der Waals surface area contributed by atoms with Crippen LogP contribution in [0, 0.1) is 0 Å². The lowest BCUT2D eigenvalue weighted by atomic mass is 10.1. The monoisotopic (exact) mass is 346 g/mol. The number of hydrogen-bond acceptors (Lipinski definition) is 6. The largest absolute Gasteiger partial charge is 0.496 e. The number of methoxy groups -OCH3 is 3. The zero-order chi connectivity index (χ0) is 18.4. The van der Waals surface area contributed by atoms with Crippen LogP contribution in [0.25, 0.3) is 0 Å². The van der Waals surface area contributed by atoms with E-state index in [2.05, 4.69) is 20.7 Å². The SMILES string of the molecule is COc1cc(OC)c(OC)cc1/C=N\NC(=O)c1cc(C(C)C)[nH]n1. The number of aromatic amines is 1. The minimum absolute atomic E-state index is 0.258. The van der Waals surface area contributed by atoms with Crippen LogP contribution in [0.5, 0.6) is 17.2 Å². The molecule has 8 nitrogen and oxygen atoms in total. The first-order valence-electron chi connectivity index (χ1n) is 7.68. The van der Waals surface area contributed by atoms with Crippen LogP contribution in [0.15, 0.2) is 23.3 Å². The van der Waals surface area contributed by atoms with Crippen molar-refractivity contribution in [2.45, 2.75) is 19.8 Å². The lowest BCUT2D eigenvalue weighted by Crippen LogP contribution is -2.18. The molecular weight excluding hydrogens is 324 g/mol. The molecule has 0 unspecified atom stereocenters. The lowest BCUT2D eigenvalue weighted by Gasteiger charge is -2.11. The number of ether oxygens (including phenoxy) is 3. The summed E-state index contributed by atoms with van der Waals surface area (Å²) in [6.45, 7) is 4.02. The molecule has 0 aliphatic heterocycles. The maximum Gasteiger partial charge on any atom is 0.291 e. The topological polar surface area (TPSA) is 97.8 Å². The van der Waals surface area contributed by atoms with Gasteiger partial charge >= 0.3 is 0 Å². The Labute approximate surface area is 146 Å². The molecule has 0 aliphatic carbocycles. The molecular formula is C17H22N4O4. The summed E-state index contributed by atoms with van der Waals surface area (Å²) in [4.78, 5) is 12.1. The van der Waals surface area contributed by atoms with E-state index in [9.17, 15) is 4.79 Å². The number of aromatic nitrogens is 2. The molecule has 0 fully saturated rings. The molecule has 0 bridgehead atoms. The van der Waals surface area contributed by atoms with Crippen LogP contribution in [-0.2, 0) is 0 Å². The van der Waals surface area contributed by atoms with Crippen molar-refractivity contribution in [2.75, 3.05) is 21.3 Å². The van der Waals surface area contributed by atoms with Crippen LogP contribution in [0.4, 0.5) is 0 Å². The van der Waals surface area contributed by atoms with E-state index < -0.39 is 5.91 Å². The van der Waals surface area contributed by atoms with E-state index in [1.165, 1.54) is 20.4 Å². The van der Waals surface area contributed by atoms with Crippen LogP contribution >= 0.6 is 0 Å². The summed E-state index contributed by atoms with van der Waals surface area (Å²) in [5, 5.41) is 10.8. The molecule has 0 saturated heterocycles. The fourth-order valence-corrected chi connectivity index (χ4v) is 2.12. The van der Waals surface area contributed by atoms with Gasteiger partial charge in [-0.3, -0.25) is 9.89 Å². The summed E-state index contributed by atoms with van der Waals surface area (Å²) >= 11 is 0. The molecule has 25 heavy (non-hydrogen) atoms. The van der Waals surface area contributed by atoms with Crippen LogP contribution in [0.3, 0.4) is 0 Å². The summed E-state index contributed by atoms with van der Waals surface area (Å²) in [6.07, 6.45) is 1.47. The third kappa shape index (κ3) is 4.28. The fourth-order valence-electron chi connectivity index (χ4n) is 2.12. The molecule has 1 aromatic heterocycles. The van der Waals surface area contributed by atoms with Crippen molar-refractivity contribution in [3.63, 3.8) is 0 Å². The Hall–Kier alpha value is -3.03. The van der Waals surface area contributed by atoms with Crippen LogP contribution in [-0.4, -0.2) is 43.6 Å². The molecule has 2 aromatic rings. The third-order valence-electron chi connectivity index (χ3n) is 3.56. The molecule has 2 N–H and O–H groups in total. The second kappa shape index (κ2) is 8.18. The van der Waals surface area contributed by atoms with Crippen molar-refractivity contribution >= 4 is 12.1 Å². The van der Waals surface area contributed by atoms with E-state index in [-0.39, 0.29) is 11.6 Å². The summed E-state index contributed by atoms with van der Waals surface area (Å²) in [5.41, 5.74) is 4.23. The van der Waals surface area contributed by atoms with E-state index in [4.69, 9.17) is 14.2 Å². The number of carbonyl (C=O) groups excluding carboxylic acids is 1. The quantitative estimate of drug-likeness (QED) is 0.592. The first-order valence-corrected chi connectivity index (χ1v) is 7.68. The number of amides is 1. The number of nitrogens with one attached hydrogen (secondary N) is 2. The highest BCUT2D eigenvalue weighted by Gasteiger charge is 2.12. The van der Waals surface area contributed by atoms with E-state index in [0.717, 1.165) is 5.69 Å². The highest BCUT2D eigenvalue weighted by Crippen LogP contribution is 2.33. The Balaban J connectivity index is 2.14. The van der Waals surface area contributed by atoms with Crippen molar-refractivity contribution in [3.05, 3.63) is 35.2 Å². The Kier molecular flexibility index (Phi) is 5.99. The van der Waals surface area contributed by atoms with Crippen LogP contribution in [0.2, 0.25) is 0 Å². The first kappa shape index (κ1) is 18.3. The van der Waals surface area contributed by atoms with Gasteiger partial charge in [0.1, 0.15) is 5.75 Å². The van der Waals surface area contributed by atoms with Crippen molar-refractivity contribution in [3.8, 4) is 17.2 Å². The molecule has 1 heterocycles. The average molecular weight is 346 g/mol. The highest BCUT2D eigenvalue weighted by atomic mass is 16.5. The molecule has 8 heteroatoms. The smallest absolute Gasteiger partial charge is 0.291 e. The van der Waals surface area contributed by atoms with Gasteiger partial charge in [-0.15, -0.1) is 0 Å². The molecule has 0 spiro atoms. The summed E-state index contributed by atoms with van der Waals surface area (Å²) in [7, 11) is 4.62. The number of benzene rings is 1. The van der Waals surface area contributed by atoms with Gasteiger partial charge < -0.3 is 14.2 Å². The highest BCUT2D eigenvalue weighted by molar-refractivity contribution is 5.93. The van der Waals surface area contributed by atoms with Gasteiger partial charge in [0.15, 0.2) is 17.2 Å². The minimum Gasteiger partial charge on any atom is -0.496 e. The molecule has 1 amide bonds. The Bertz CT molecular complexity index is 768. The number of nitrogens with zero attached hydrogens (tertiary/aromatic N) is 2.